The minimum atomic E-state index is -0.544. The van der Waals surface area contributed by atoms with Gasteiger partial charge in [0.2, 0.25) is 0 Å². The van der Waals surface area contributed by atoms with Crippen LogP contribution >= 0.6 is 0 Å². The SMILES string of the molecule is CC(CCCCCCO)c1nc2[nH]c(=O)[nH]c(=O)c2[nH]1. The molecule has 110 valence electrons. The molecular formula is C13H20N4O3. The van der Waals surface area contributed by atoms with Gasteiger partial charge >= 0.3 is 5.69 Å². The van der Waals surface area contributed by atoms with Gasteiger partial charge in [0.25, 0.3) is 5.56 Å². The van der Waals surface area contributed by atoms with Crippen molar-refractivity contribution in [3.05, 3.63) is 26.7 Å². The summed E-state index contributed by atoms with van der Waals surface area (Å²) < 4.78 is 0. The van der Waals surface area contributed by atoms with Crippen molar-refractivity contribution >= 4 is 11.2 Å². The first-order valence-electron chi connectivity index (χ1n) is 6.95. The highest BCUT2D eigenvalue weighted by Crippen LogP contribution is 2.20. The van der Waals surface area contributed by atoms with Crippen LogP contribution in [0.25, 0.3) is 11.2 Å². The highest BCUT2D eigenvalue weighted by atomic mass is 16.3. The Morgan fingerprint density at radius 2 is 1.85 bits per heavy atom. The lowest BCUT2D eigenvalue weighted by molar-refractivity contribution is 0.282. The molecule has 2 aromatic rings. The lowest BCUT2D eigenvalue weighted by Crippen LogP contribution is -2.21. The van der Waals surface area contributed by atoms with E-state index in [0.29, 0.717) is 11.2 Å². The molecule has 20 heavy (non-hydrogen) atoms. The number of unbranched alkanes of at least 4 members (excludes halogenated alkanes) is 3. The van der Waals surface area contributed by atoms with E-state index in [0.717, 1.165) is 37.9 Å². The number of fused-ring (bicyclic) bond motifs is 1. The summed E-state index contributed by atoms with van der Waals surface area (Å²) in [7, 11) is 0. The second-order valence-corrected chi connectivity index (χ2v) is 5.08. The Bertz CT molecular complexity index is 670. The van der Waals surface area contributed by atoms with E-state index >= 15 is 0 Å². The minimum absolute atomic E-state index is 0.194. The van der Waals surface area contributed by atoms with Gasteiger partial charge < -0.3 is 10.1 Å². The maximum absolute atomic E-state index is 11.6. The molecule has 1 atom stereocenters. The van der Waals surface area contributed by atoms with Crippen LogP contribution in [-0.4, -0.2) is 31.6 Å². The summed E-state index contributed by atoms with van der Waals surface area (Å²) >= 11 is 0. The van der Waals surface area contributed by atoms with Crippen LogP contribution in [0.3, 0.4) is 0 Å². The minimum Gasteiger partial charge on any atom is -0.396 e. The number of aliphatic hydroxyl groups is 1. The van der Waals surface area contributed by atoms with E-state index in [9.17, 15) is 9.59 Å². The Morgan fingerprint density at radius 1 is 1.10 bits per heavy atom. The van der Waals surface area contributed by atoms with Gasteiger partial charge in [0.1, 0.15) is 11.3 Å². The molecule has 7 heteroatoms. The topological polar surface area (TPSA) is 115 Å². The summed E-state index contributed by atoms with van der Waals surface area (Å²) in [6.45, 7) is 2.28. The number of aromatic amines is 3. The lowest BCUT2D eigenvalue weighted by Gasteiger charge is -2.07. The van der Waals surface area contributed by atoms with Gasteiger partial charge in [0, 0.05) is 12.5 Å². The fraction of sp³-hybridized carbons (Fsp3) is 0.615. The number of nitrogens with one attached hydrogen (secondary N) is 3. The molecule has 0 spiro atoms. The highest BCUT2D eigenvalue weighted by molar-refractivity contribution is 5.68. The van der Waals surface area contributed by atoms with E-state index in [1.165, 1.54) is 0 Å². The first kappa shape index (κ1) is 14.5. The number of H-pyrrole nitrogens is 3. The van der Waals surface area contributed by atoms with Crippen LogP contribution < -0.4 is 11.2 Å². The molecule has 1 unspecified atom stereocenters. The second-order valence-electron chi connectivity index (χ2n) is 5.08. The number of nitrogens with zero attached hydrogens (tertiary/aromatic N) is 1. The third-order valence-corrected chi connectivity index (χ3v) is 3.42. The van der Waals surface area contributed by atoms with Gasteiger partial charge in [-0.15, -0.1) is 0 Å². The molecule has 2 aromatic heterocycles. The average molecular weight is 280 g/mol. The van der Waals surface area contributed by atoms with Crippen molar-refractivity contribution in [2.24, 2.45) is 0 Å². The van der Waals surface area contributed by atoms with E-state index in [-0.39, 0.29) is 12.5 Å². The molecule has 0 radical (unpaired) electrons. The fourth-order valence-corrected chi connectivity index (χ4v) is 2.24. The normalized spacial score (nSPS) is 12.9. The van der Waals surface area contributed by atoms with Crippen LogP contribution in [0.5, 0.6) is 0 Å². The molecule has 0 amide bonds. The van der Waals surface area contributed by atoms with Crippen LogP contribution in [0.2, 0.25) is 0 Å². The van der Waals surface area contributed by atoms with Crippen molar-refractivity contribution in [2.75, 3.05) is 6.61 Å². The third-order valence-electron chi connectivity index (χ3n) is 3.42. The lowest BCUT2D eigenvalue weighted by atomic mass is 10.0. The molecule has 7 nitrogen and oxygen atoms in total. The number of imidazole rings is 1. The van der Waals surface area contributed by atoms with Crippen LogP contribution in [0.15, 0.2) is 9.59 Å². The largest absolute Gasteiger partial charge is 0.396 e. The van der Waals surface area contributed by atoms with Crippen molar-refractivity contribution in [3.63, 3.8) is 0 Å². The molecule has 0 saturated heterocycles. The number of aromatic nitrogens is 4. The summed E-state index contributed by atoms with van der Waals surface area (Å²) in [5, 5.41) is 8.71. The van der Waals surface area contributed by atoms with Gasteiger partial charge in [-0.05, 0) is 12.8 Å². The number of hydrogen-bond acceptors (Lipinski definition) is 4. The van der Waals surface area contributed by atoms with Crippen molar-refractivity contribution in [1.82, 2.24) is 19.9 Å². The van der Waals surface area contributed by atoms with Gasteiger partial charge in [-0.2, -0.15) is 0 Å². The van der Waals surface area contributed by atoms with E-state index < -0.39 is 11.2 Å². The molecule has 0 aliphatic rings. The first-order chi connectivity index (χ1) is 9.61. The predicted octanol–water partition coefficient (Wildman–Crippen LogP) is 0.986. The smallest absolute Gasteiger partial charge is 0.327 e. The zero-order valence-corrected chi connectivity index (χ0v) is 11.5. The Kier molecular flexibility index (Phi) is 4.73. The molecule has 2 rings (SSSR count). The van der Waals surface area contributed by atoms with Crippen molar-refractivity contribution in [1.29, 1.82) is 0 Å². The fourth-order valence-electron chi connectivity index (χ4n) is 2.24. The maximum atomic E-state index is 11.6. The summed E-state index contributed by atoms with van der Waals surface area (Å²) in [6.07, 6.45) is 4.94. The molecule has 0 aliphatic carbocycles. The molecular weight excluding hydrogens is 260 g/mol. The van der Waals surface area contributed by atoms with Gasteiger partial charge in [-0.3, -0.25) is 14.8 Å². The van der Waals surface area contributed by atoms with E-state index in [2.05, 4.69) is 19.9 Å². The van der Waals surface area contributed by atoms with Crippen LogP contribution in [0.1, 0.15) is 50.8 Å². The monoisotopic (exact) mass is 280 g/mol. The van der Waals surface area contributed by atoms with Crippen LogP contribution in [-0.2, 0) is 0 Å². The molecule has 0 aliphatic heterocycles. The predicted molar refractivity (Wildman–Crippen MR) is 75.9 cm³/mol. The van der Waals surface area contributed by atoms with Gasteiger partial charge in [0.05, 0.1) is 0 Å². The van der Waals surface area contributed by atoms with Gasteiger partial charge in [-0.1, -0.05) is 26.2 Å². The maximum Gasteiger partial charge on any atom is 0.327 e. The van der Waals surface area contributed by atoms with E-state index in [4.69, 9.17) is 5.11 Å². The Morgan fingerprint density at radius 3 is 2.60 bits per heavy atom. The quantitative estimate of drug-likeness (QED) is 0.566. The van der Waals surface area contributed by atoms with E-state index in [1.54, 1.807) is 0 Å². The summed E-state index contributed by atoms with van der Waals surface area (Å²) in [5.41, 5.74) is -0.373. The van der Waals surface area contributed by atoms with Crippen LogP contribution in [0, 0.1) is 0 Å². The standard InChI is InChI=1S/C13H20N4O3/c1-8(6-4-2-3-5-7-18)10-14-9-11(15-10)16-13(20)17-12(9)19/h8,18H,2-7H2,1H3,(H3,14,15,16,17,19,20). The molecule has 0 fully saturated rings. The zero-order chi connectivity index (χ0) is 14.5. The molecule has 4 N–H and O–H groups in total. The summed E-state index contributed by atoms with van der Waals surface area (Å²) in [6, 6.07) is 0. The van der Waals surface area contributed by atoms with Crippen molar-refractivity contribution < 1.29 is 5.11 Å². The summed E-state index contributed by atoms with van der Waals surface area (Å²) in [5.74, 6) is 0.911. The Labute approximate surface area is 115 Å². The number of rotatable bonds is 7. The third kappa shape index (κ3) is 3.36. The molecule has 2 heterocycles. The first-order valence-corrected chi connectivity index (χ1v) is 6.95. The Balaban J connectivity index is 2.03. The van der Waals surface area contributed by atoms with Gasteiger partial charge in [0.15, 0.2) is 5.65 Å². The average Bonchev–Trinajstić information content (AvgIpc) is 2.82. The number of aliphatic hydroxyl groups excluding tert-OH is 1. The van der Waals surface area contributed by atoms with E-state index in [1.807, 2.05) is 6.92 Å². The summed E-state index contributed by atoms with van der Waals surface area (Å²) in [4.78, 5) is 34.7. The Hall–Kier alpha value is -1.89. The highest BCUT2D eigenvalue weighted by Gasteiger charge is 2.13. The van der Waals surface area contributed by atoms with Gasteiger partial charge in [-0.25, -0.2) is 9.78 Å². The number of hydrogen-bond donors (Lipinski definition) is 4. The molecule has 0 saturated carbocycles. The molecule has 0 aromatic carbocycles. The van der Waals surface area contributed by atoms with Crippen molar-refractivity contribution in [2.45, 2.75) is 44.9 Å². The molecule has 0 bridgehead atoms. The van der Waals surface area contributed by atoms with Crippen molar-refractivity contribution in [3.8, 4) is 0 Å². The van der Waals surface area contributed by atoms with Crippen LogP contribution in [0.4, 0.5) is 0 Å². The second kappa shape index (κ2) is 6.51. The zero-order valence-electron chi connectivity index (χ0n) is 11.5.